The molecule has 1 saturated heterocycles. The number of esters is 1. The molecule has 0 aliphatic carbocycles. The fourth-order valence-corrected chi connectivity index (χ4v) is 2.92. The molecule has 28 heavy (non-hydrogen) atoms. The highest BCUT2D eigenvalue weighted by molar-refractivity contribution is 5.86. The zero-order valence-electron chi connectivity index (χ0n) is 18.4. The van der Waals surface area contributed by atoms with Crippen LogP contribution in [0.3, 0.4) is 0 Å². The molecular formula is C20H36N2O6. The van der Waals surface area contributed by atoms with Gasteiger partial charge in [-0.3, -0.25) is 9.59 Å². The van der Waals surface area contributed by atoms with Gasteiger partial charge in [0.1, 0.15) is 18.8 Å². The Hall–Kier alpha value is -1.83. The van der Waals surface area contributed by atoms with E-state index in [2.05, 4.69) is 0 Å². The van der Waals surface area contributed by atoms with Gasteiger partial charge in [-0.25, -0.2) is 4.79 Å². The maximum absolute atomic E-state index is 13.0. The molecule has 1 rings (SSSR count). The molecule has 8 heteroatoms. The molecule has 162 valence electrons. The number of hydrogen-bond acceptors (Lipinski definition) is 6. The number of hydrogen-bond donors (Lipinski definition) is 0. The van der Waals surface area contributed by atoms with Gasteiger partial charge in [0, 0.05) is 25.6 Å². The van der Waals surface area contributed by atoms with E-state index in [0.717, 1.165) is 6.42 Å². The summed E-state index contributed by atoms with van der Waals surface area (Å²) in [5, 5.41) is 0. The Kier molecular flexibility index (Phi) is 8.73. The van der Waals surface area contributed by atoms with E-state index >= 15 is 0 Å². The van der Waals surface area contributed by atoms with Crippen molar-refractivity contribution in [3.8, 4) is 0 Å². The quantitative estimate of drug-likeness (QED) is 0.503. The Labute approximate surface area is 168 Å². The molecule has 0 aromatic carbocycles. The van der Waals surface area contributed by atoms with Crippen molar-refractivity contribution in [2.75, 3.05) is 40.0 Å². The zero-order chi connectivity index (χ0) is 21.5. The van der Waals surface area contributed by atoms with Crippen LogP contribution < -0.4 is 0 Å². The van der Waals surface area contributed by atoms with Crippen LogP contribution in [0.1, 0.15) is 54.4 Å². The van der Waals surface area contributed by atoms with E-state index in [4.69, 9.17) is 14.2 Å². The summed E-state index contributed by atoms with van der Waals surface area (Å²) >= 11 is 0. The molecule has 8 nitrogen and oxygen atoms in total. The molecule has 0 bridgehead atoms. The number of amides is 2. The van der Waals surface area contributed by atoms with E-state index in [1.165, 1.54) is 7.11 Å². The number of likely N-dealkylation sites (tertiary alicyclic amines) is 1. The lowest BCUT2D eigenvalue weighted by Crippen LogP contribution is -2.56. The summed E-state index contributed by atoms with van der Waals surface area (Å²) < 4.78 is 15.5. The molecule has 0 radical (unpaired) electrons. The third-order valence-corrected chi connectivity index (χ3v) is 4.24. The standard InChI is InChI=1S/C20H36N2O6/c1-19(2,3)17(24)22(14-16(23)27-12-11-26-7)15-9-8-10-21(13-15)18(25)28-20(4,5)6/h15H,8-14H2,1-7H3. The van der Waals surface area contributed by atoms with Gasteiger partial charge in [0.25, 0.3) is 0 Å². The Morgan fingerprint density at radius 3 is 2.25 bits per heavy atom. The van der Waals surface area contributed by atoms with Crippen LogP contribution >= 0.6 is 0 Å². The summed E-state index contributed by atoms with van der Waals surface area (Å²) in [4.78, 5) is 40.8. The van der Waals surface area contributed by atoms with Crippen molar-refractivity contribution < 1.29 is 28.6 Å². The highest BCUT2D eigenvalue weighted by atomic mass is 16.6. The Morgan fingerprint density at radius 2 is 1.71 bits per heavy atom. The summed E-state index contributed by atoms with van der Waals surface area (Å²) in [7, 11) is 1.52. The van der Waals surface area contributed by atoms with Crippen LogP contribution in [0.15, 0.2) is 0 Å². The molecule has 1 aliphatic heterocycles. The summed E-state index contributed by atoms with van der Waals surface area (Å²) in [5.74, 6) is -0.628. The second kappa shape index (κ2) is 10.1. The Bertz CT molecular complexity index is 550. The zero-order valence-corrected chi connectivity index (χ0v) is 18.4. The van der Waals surface area contributed by atoms with Crippen molar-refractivity contribution in [2.45, 2.75) is 66.0 Å². The average molecular weight is 401 g/mol. The number of carbonyl (C=O) groups is 3. The second-order valence-electron chi connectivity index (χ2n) is 9.12. The van der Waals surface area contributed by atoms with Gasteiger partial charge in [-0.2, -0.15) is 0 Å². The minimum absolute atomic E-state index is 0.140. The van der Waals surface area contributed by atoms with Crippen LogP contribution in [0.4, 0.5) is 4.79 Å². The molecule has 1 heterocycles. The van der Waals surface area contributed by atoms with Gasteiger partial charge >= 0.3 is 12.1 Å². The first-order valence-electron chi connectivity index (χ1n) is 9.78. The van der Waals surface area contributed by atoms with Crippen molar-refractivity contribution in [2.24, 2.45) is 5.41 Å². The summed E-state index contributed by atoms with van der Waals surface area (Å²) in [5.41, 5.74) is -1.24. The lowest BCUT2D eigenvalue weighted by Gasteiger charge is -2.41. The lowest BCUT2D eigenvalue weighted by molar-refractivity contribution is -0.155. The molecule has 1 atom stereocenters. The Morgan fingerprint density at radius 1 is 1.07 bits per heavy atom. The third-order valence-electron chi connectivity index (χ3n) is 4.24. The van der Waals surface area contributed by atoms with E-state index in [-0.39, 0.29) is 25.1 Å². The van der Waals surface area contributed by atoms with E-state index in [9.17, 15) is 14.4 Å². The number of carbonyl (C=O) groups excluding carboxylic acids is 3. The third kappa shape index (κ3) is 8.04. The number of nitrogens with zero attached hydrogens (tertiary/aromatic N) is 2. The van der Waals surface area contributed by atoms with E-state index in [0.29, 0.717) is 26.1 Å². The lowest BCUT2D eigenvalue weighted by atomic mass is 9.92. The van der Waals surface area contributed by atoms with Crippen LogP contribution in [0.25, 0.3) is 0 Å². The SMILES string of the molecule is COCCOC(=O)CN(C(=O)C(C)(C)C)C1CCCN(C(=O)OC(C)(C)C)C1. The molecule has 1 fully saturated rings. The smallest absolute Gasteiger partial charge is 0.410 e. The van der Waals surface area contributed by atoms with E-state index < -0.39 is 23.1 Å². The molecule has 1 unspecified atom stereocenters. The fraction of sp³-hybridized carbons (Fsp3) is 0.850. The molecule has 0 spiro atoms. The van der Waals surface area contributed by atoms with Gasteiger partial charge in [0.15, 0.2) is 0 Å². The van der Waals surface area contributed by atoms with E-state index in [1.807, 2.05) is 41.5 Å². The minimum Gasteiger partial charge on any atom is -0.462 e. The van der Waals surface area contributed by atoms with Gasteiger partial charge in [-0.05, 0) is 33.6 Å². The maximum atomic E-state index is 13.0. The van der Waals surface area contributed by atoms with Gasteiger partial charge in [0.05, 0.1) is 12.6 Å². The summed E-state index contributed by atoms with van der Waals surface area (Å²) in [6, 6.07) is -0.261. The molecule has 0 aromatic rings. The average Bonchev–Trinajstić information content (AvgIpc) is 2.57. The monoisotopic (exact) mass is 400 g/mol. The number of rotatable bonds is 6. The summed E-state index contributed by atoms with van der Waals surface area (Å²) in [6.07, 6.45) is 1.05. The predicted molar refractivity (Wildman–Crippen MR) is 105 cm³/mol. The fourth-order valence-electron chi connectivity index (χ4n) is 2.92. The number of methoxy groups -OCH3 is 1. The van der Waals surface area contributed by atoms with Gasteiger partial charge in [0.2, 0.25) is 5.91 Å². The molecular weight excluding hydrogens is 364 g/mol. The van der Waals surface area contributed by atoms with Crippen molar-refractivity contribution in [1.82, 2.24) is 9.80 Å². The summed E-state index contributed by atoms with van der Waals surface area (Å²) in [6.45, 7) is 12.1. The van der Waals surface area contributed by atoms with Crippen molar-refractivity contribution in [1.29, 1.82) is 0 Å². The van der Waals surface area contributed by atoms with Crippen LogP contribution in [0.5, 0.6) is 0 Å². The maximum Gasteiger partial charge on any atom is 0.410 e. The Balaban J connectivity index is 2.88. The highest BCUT2D eigenvalue weighted by Gasteiger charge is 2.37. The van der Waals surface area contributed by atoms with Crippen molar-refractivity contribution in [3.63, 3.8) is 0 Å². The van der Waals surface area contributed by atoms with E-state index in [1.54, 1.807) is 9.80 Å². The van der Waals surface area contributed by atoms with Crippen LogP contribution in [-0.2, 0) is 23.8 Å². The first-order chi connectivity index (χ1) is 12.8. The predicted octanol–water partition coefficient (Wildman–Crippen LogP) is 2.45. The largest absolute Gasteiger partial charge is 0.462 e. The molecule has 0 aromatic heterocycles. The van der Waals surface area contributed by atoms with Crippen molar-refractivity contribution in [3.05, 3.63) is 0 Å². The highest BCUT2D eigenvalue weighted by Crippen LogP contribution is 2.24. The van der Waals surface area contributed by atoms with Crippen molar-refractivity contribution >= 4 is 18.0 Å². The molecule has 0 saturated carbocycles. The molecule has 2 amide bonds. The normalized spacial score (nSPS) is 17.8. The number of ether oxygens (including phenoxy) is 3. The topological polar surface area (TPSA) is 85.4 Å². The first kappa shape index (κ1) is 24.2. The van der Waals surface area contributed by atoms with Gasteiger partial charge in [-0.1, -0.05) is 20.8 Å². The first-order valence-corrected chi connectivity index (χ1v) is 9.78. The molecule has 0 N–H and O–H groups in total. The van der Waals surface area contributed by atoms with Crippen LogP contribution in [-0.4, -0.2) is 79.4 Å². The second-order valence-corrected chi connectivity index (χ2v) is 9.12. The van der Waals surface area contributed by atoms with Gasteiger partial charge in [-0.15, -0.1) is 0 Å². The van der Waals surface area contributed by atoms with Crippen LogP contribution in [0, 0.1) is 5.41 Å². The number of piperidine rings is 1. The molecule has 1 aliphatic rings. The minimum atomic E-state index is -0.652. The van der Waals surface area contributed by atoms with Crippen LogP contribution in [0.2, 0.25) is 0 Å². The van der Waals surface area contributed by atoms with Gasteiger partial charge < -0.3 is 24.0 Å².